The summed E-state index contributed by atoms with van der Waals surface area (Å²) < 4.78 is 10.4. The SMILES string of the molecule is NC1NCNC2C1CCN2[C@H]1O[C@@H](COP(O)(O)=S)[C@H](O)[C@@H]1O. The number of ether oxygens (including phenoxy) is 1. The summed E-state index contributed by atoms with van der Waals surface area (Å²) in [5.74, 6) is 0.174. The van der Waals surface area contributed by atoms with Crippen molar-refractivity contribution in [3.8, 4) is 0 Å². The number of likely N-dealkylation sites (tertiary alicyclic amines) is 1. The molecule has 12 heteroatoms. The fraction of sp³-hybridized carbons (Fsp3) is 1.00. The van der Waals surface area contributed by atoms with Gasteiger partial charge in [-0.15, -0.1) is 0 Å². The molecule has 7 atom stereocenters. The molecule has 0 saturated carbocycles. The molecule has 3 aliphatic rings. The molecule has 0 aromatic heterocycles. The number of nitrogens with two attached hydrogens (primary N) is 1. The van der Waals surface area contributed by atoms with Crippen LogP contribution in [0.2, 0.25) is 0 Å². The number of aliphatic hydroxyl groups is 2. The molecule has 0 spiro atoms. The van der Waals surface area contributed by atoms with Gasteiger partial charge in [-0.3, -0.25) is 15.5 Å². The number of hydrogen-bond acceptors (Lipinski definition) is 9. The average Bonchev–Trinajstić information content (AvgIpc) is 3.01. The fourth-order valence-electron chi connectivity index (χ4n) is 3.52. The summed E-state index contributed by atoms with van der Waals surface area (Å²) in [5, 5.41) is 26.8. The van der Waals surface area contributed by atoms with E-state index in [1.165, 1.54) is 0 Å². The molecule has 0 amide bonds. The van der Waals surface area contributed by atoms with E-state index in [9.17, 15) is 10.2 Å². The van der Waals surface area contributed by atoms with Gasteiger partial charge >= 0.3 is 6.72 Å². The number of nitrogens with one attached hydrogen (secondary N) is 2. The second-order valence-corrected chi connectivity index (χ2v) is 8.74. The first-order valence-corrected chi connectivity index (χ1v) is 10.1. The van der Waals surface area contributed by atoms with Crippen molar-refractivity contribution in [1.82, 2.24) is 15.5 Å². The van der Waals surface area contributed by atoms with Crippen LogP contribution < -0.4 is 16.4 Å². The average molecular weight is 370 g/mol. The van der Waals surface area contributed by atoms with Gasteiger partial charge in [-0.25, -0.2) is 0 Å². The zero-order chi connectivity index (χ0) is 16.8. The topological polar surface area (TPSA) is 153 Å². The van der Waals surface area contributed by atoms with Crippen LogP contribution in [0.1, 0.15) is 6.42 Å². The summed E-state index contributed by atoms with van der Waals surface area (Å²) in [7, 11) is 0. The van der Waals surface area contributed by atoms with Crippen molar-refractivity contribution in [3.05, 3.63) is 0 Å². The lowest BCUT2D eigenvalue weighted by molar-refractivity contribution is -0.111. The largest absolute Gasteiger partial charge is 0.387 e. The Morgan fingerprint density at radius 3 is 2.74 bits per heavy atom. The molecule has 23 heavy (non-hydrogen) atoms. The quantitative estimate of drug-likeness (QED) is 0.250. The van der Waals surface area contributed by atoms with Crippen LogP contribution >= 0.6 is 6.72 Å². The summed E-state index contributed by atoms with van der Waals surface area (Å²) in [4.78, 5) is 20.2. The highest BCUT2D eigenvalue weighted by atomic mass is 32.5. The molecule has 3 fully saturated rings. The second kappa shape index (κ2) is 6.87. The lowest BCUT2D eigenvalue weighted by atomic mass is 10.0. The van der Waals surface area contributed by atoms with Gasteiger partial charge in [-0.05, 0) is 18.2 Å². The molecule has 3 heterocycles. The Bertz CT molecular complexity index is 483. The first-order chi connectivity index (χ1) is 10.8. The maximum absolute atomic E-state index is 10.3. The zero-order valence-electron chi connectivity index (χ0n) is 12.4. The summed E-state index contributed by atoms with van der Waals surface area (Å²) in [5.41, 5.74) is 6.05. The van der Waals surface area contributed by atoms with Crippen LogP contribution in [-0.2, 0) is 21.1 Å². The smallest absolute Gasteiger partial charge is 0.321 e. The van der Waals surface area contributed by atoms with E-state index < -0.39 is 31.3 Å². The third-order valence-corrected chi connectivity index (χ3v) is 5.47. The maximum Gasteiger partial charge on any atom is 0.321 e. The van der Waals surface area contributed by atoms with Gasteiger partial charge in [0.05, 0.1) is 18.9 Å². The van der Waals surface area contributed by atoms with Gasteiger partial charge in [0.2, 0.25) is 0 Å². The van der Waals surface area contributed by atoms with Crippen LogP contribution in [0.25, 0.3) is 0 Å². The van der Waals surface area contributed by atoms with Gasteiger partial charge in [0, 0.05) is 19.1 Å². The Labute approximate surface area is 138 Å². The summed E-state index contributed by atoms with van der Waals surface area (Å²) in [6.07, 6.45) is -3.29. The minimum absolute atomic E-state index is 0.0565. The number of aliphatic hydroxyl groups excluding tert-OH is 2. The van der Waals surface area contributed by atoms with Crippen LogP contribution in [0.4, 0.5) is 0 Å². The Morgan fingerprint density at radius 2 is 2.04 bits per heavy atom. The van der Waals surface area contributed by atoms with Crippen LogP contribution in [0.3, 0.4) is 0 Å². The van der Waals surface area contributed by atoms with E-state index in [0.29, 0.717) is 13.2 Å². The maximum atomic E-state index is 10.3. The number of fused-ring (bicyclic) bond motifs is 1. The van der Waals surface area contributed by atoms with E-state index >= 15 is 0 Å². The normalized spacial score (nSPS) is 45.3. The lowest BCUT2D eigenvalue weighted by Gasteiger charge is -2.39. The predicted molar refractivity (Wildman–Crippen MR) is 83.1 cm³/mol. The molecule has 10 nitrogen and oxygen atoms in total. The van der Waals surface area contributed by atoms with Gasteiger partial charge in [-0.1, -0.05) is 0 Å². The summed E-state index contributed by atoms with van der Waals surface area (Å²) in [6, 6.07) is 0. The molecule has 3 aliphatic heterocycles. The Kier molecular flexibility index (Phi) is 5.39. The Morgan fingerprint density at radius 1 is 1.30 bits per heavy atom. The fourth-order valence-corrected chi connectivity index (χ4v) is 4.04. The van der Waals surface area contributed by atoms with Crippen LogP contribution in [-0.4, -0.2) is 81.6 Å². The van der Waals surface area contributed by atoms with Gasteiger partial charge in [0.1, 0.15) is 24.5 Å². The lowest BCUT2D eigenvalue weighted by Crippen LogP contribution is -2.64. The van der Waals surface area contributed by atoms with E-state index in [4.69, 9.17) is 24.8 Å². The van der Waals surface area contributed by atoms with Crippen molar-refractivity contribution in [2.24, 2.45) is 11.7 Å². The van der Waals surface area contributed by atoms with Gasteiger partial charge in [-0.2, -0.15) is 0 Å². The monoisotopic (exact) mass is 370 g/mol. The second-order valence-electron chi connectivity index (χ2n) is 6.08. The van der Waals surface area contributed by atoms with Crippen molar-refractivity contribution in [1.29, 1.82) is 0 Å². The predicted octanol–water partition coefficient (Wildman–Crippen LogP) is -3.26. The van der Waals surface area contributed by atoms with Crippen LogP contribution in [0.5, 0.6) is 0 Å². The molecule has 0 bridgehead atoms. The zero-order valence-corrected chi connectivity index (χ0v) is 14.1. The highest BCUT2D eigenvalue weighted by Gasteiger charge is 2.51. The number of hydrogen-bond donors (Lipinski definition) is 7. The van der Waals surface area contributed by atoms with Crippen molar-refractivity contribution in [2.45, 2.75) is 43.3 Å². The van der Waals surface area contributed by atoms with Crippen molar-refractivity contribution in [3.63, 3.8) is 0 Å². The highest BCUT2D eigenvalue weighted by molar-refractivity contribution is 8.06. The third-order valence-electron chi connectivity index (χ3n) is 4.66. The van der Waals surface area contributed by atoms with Crippen LogP contribution in [0.15, 0.2) is 0 Å². The molecule has 134 valence electrons. The molecule has 3 rings (SSSR count). The van der Waals surface area contributed by atoms with Crippen molar-refractivity contribution < 1.29 is 29.3 Å². The standard InChI is InChI=1S/C11H23N4O6PS/c12-9-5-1-2-15(10(5)14-4-13-9)11-8(17)7(16)6(21-11)3-20-22(18,19)23/h5-11,13-14,16-17H,1-4,12H2,(H2,18,19,23)/t5?,6-,7-,8-,9?,10?,11-/m0/s1. The van der Waals surface area contributed by atoms with Gasteiger partial charge in [0.15, 0.2) is 0 Å². The molecule has 0 radical (unpaired) electrons. The minimum atomic E-state index is -3.83. The summed E-state index contributed by atoms with van der Waals surface area (Å²) >= 11 is 4.37. The van der Waals surface area contributed by atoms with E-state index in [0.717, 1.165) is 6.42 Å². The molecule has 3 unspecified atom stereocenters. The number of nitrogens with zero attached hydrogens (tertiary/aromatic N) is 1. The van der Waals surface area contributed by atoms with E-state index in [-0.39, 0.29) is 24.9 Å². The minimum Gasteiger partial charge on any atom is -0.387 e. The third kappa shape index (κ3) is 3.76. The molecule has 0 aliphatic carbocycles. The van der Waals surface area contributed by atoms with Crippen LogP contribution in [0, 0.1) is 5.92 Å². The molecule has 0 aromatic carbocycles. The van der Waals surface area contributed by atoms with Crippen molar-refractivity contribution in [2.75, 3.05) is 19.8 Å². The molecule has 8 N–H and O–H groups in total. The van der Waals surface area contributed by atoms with E-state index in [2.05, 4.69) is 22.4 Å². The molecular formula is C11H23N4O6PS. The highest BCUT2D eigenvalue weighted by Crippen LogP contribution is 2.39. The Hall–Kier alpha value is 0.250. The molecular weight excluding hydrogens is 347 g/mol. The number of rotatable bonds is 4. The van der Waals surface area contributed by atoms with E-state index in [1.54, 1.807) is 0 Å². The summed E-state index contributed by atoms with van der Waals surface area (Å²) in [6.45, 7) is -2.91. The molecule has 3 saturated heterocycles. The van der Waals surface area contributed by atoms with E-state index in [1.807, 2.05) is 4.90 Å². The molecule has 0 aromatic rings. The Balaban J connectivity index is 1.65. The van der Waals surface area contributed by atoms with Gasteiger partial charge in [0.25, 0.3) is 0 Å². The first-order valence-electron chi connectivity index (χ1n) is 7.48. The first kappa shape index (κ1) is 18.1. The van der Waals surface area contributed by atoms with Crippen molar-refractivity contribution >= 4 is 18.5 Å². The van der Waals surface area contributed by atoms with Gasteiger partial charge < -0.3 is 35.0 Å².